The average molecular weight is 503 g/mol. The van der Waals surface area contributed by atoms with Crippen molar-refractivity contribution in [2.75, 3.05) is 0 Å². The van der Waals surface area contributed by atoms with Gasteiger partial charge in [0.05, 0.1) is 25.4 Å². The molecule has 2 fully saturated rings. The number of aldehydes is 2. The lowest BCUT2D eigenvalue weighted by Gasteiger charge is -2.47. The van der Waals surface area contributed by atoms with Crippen molar-refractivity contribution in [3.05, 3.63) is 82.9 Å². The molecule has 37 heavy (non-hydrogen) atoms. The fraction of sp³-hybridized carbons (Fsp3) is 0.500. The summed E-state index contributed by atoms with van der Waals surface area (Å²) in [5, 5.41) is 0. The average Bonchev–Trinajstić information content (AvgIpc) is 3.42. The van der Waals surface area contributed by atoms with E-state index in [1.54, 1.807) is 0 Å². The topological polar surface area (TPSA) is 61.8 Å². The monoisotopic (exact) mass is 502 g/mol. The SMILES string of the molecule is CC1(C)C(CC=O)[C@]2([C@@H](OCc3ccccc3)C3=C(C=O)CCCC3)C[C@@H](OCc3ccccc3)[C@@H]1O2. The van der Waals surface area contributed by atoms with Gasteiger partial charge in [-0.3, -0.25) is 4.79 Å². The Hall–Kier alpha value is -2.60. The van der Waals surface area contributed by atoms with Gasteiger partial charge in [-0.15, -0.1) is 0 Å². The Morgan fingerprint density at radius 3 is 2.24 bits per heavy atom. The molecule has 0 amide bonds. The number of carbonyl (C=O) groups excluding carboxylic acids is 2. The van der Waals surface area contributed by atoms with Crippen LogP contribution in [0.15, 0.2) is 71.8 Å². The summed E-state index contributed by atoms with van der Waals surface area (Å²) in [5.41, 5.74) is 3.06. The van der Waals surface area contributed by atoms with Crippen LogP contribution in [-0.2, 0) is 37.0 Å². The van der Waals surface area contributed by atoms with Crippen LogP contribution >= 0.6 is 0 Å². The molecule has 2 aliphatic heterocycles. The molecule has 1 unspecified atom stereocenters. The van der Waals surface area contributed by atoms with Gasteiger partial charge in [0.15, 0.2) is 0 Å². The minimum atomic E-state index is -0.730. The summed E-state index contributed by atoms with van der Waals surface area (Å²) in [5.74, 6) is -0.0397. The molecule has 0 radical (unpaired) electrons. The number of fused-ring (bicyclic) bond motifs is 2. The van der Waals surface area contributed by atoms with Gasteiger partial charge in [0.25, 0.3) is 0 Å². The molecule has 5 heteroatoms. The Balaban J connectivity index is 1.51. The first-order valence-corrected chi connectivity index (χ1v) is 13.6. The maximum atomic E-state index is 12.2. The second-order valence-electron chi connectivity index (χ2n) is 11.4. The Bertz CT molecular complexity index is 1110. The van der Waals surface area contributed by atoms with Gasteiger partial charge in [-0.25, -0.2) is 0 Å². The lowest BCUT2D eigenvalue weighted by molar-refractivity contribution is -0.127. The van der Waals surface area contributed by atoms with E-state index in [0.29, 0.717) is 26.1 Å². The summed E-state index contributed by atoms with van der Waals surface area (Å²) in [6.07, 6.45) is 5.97. The summed E-state index contributed by atoms with van der Waals surface area (Å²) in [7, 11) is 0. The quantitative estimate of drug-likeness (QED) is 0.353. The highest BCUT2D eigenvalue weighted by molar-refractivity contribution is 5.75. The minimum absolute atomic E-state index is 0.0397. The summed E-state index contributed by atoms with van der Waals surface area (Å²) >= 11 is 0. The molecule has 2 saturated heterocycles. The van der Waals surface area contributed by atoms with Gasteiger partial charge >= 0.3 is 0 Å². The van der Waals surface area contributed by atoms with Crippen molar-refractivity contribution >= 4 is 12.6 Å². The van der Waals surface area contributed by atoms with E-state index in [-0.39, 0.29) is 23.5 Å². The van der Waals surface area contributed by atoms with Gasteiger partial charge in [-0.05, 0) is 53.4 Å². The van der Waals surface area contributed by atoms with Crippen LogP contribution in [0.3, 0.4) is 0 Å². The van der Waals surface area contributed by atoms with E-state index in [1.807, 2.05) is 36.4 Å². The summed E-state index contributed by atoms with van der Waals surface area (Å²) in [6.45, 7) is 5.31. The van der Waals surface area contributed by atoms with Crippen molar-refractivity contribution in [2.24, 2.45) is 11.3 Å². The number of hydrogen-bond acceptors (Lipinski definition) is 5. The van der Waals surface area contributed by atoms with Crippen LogP contribution in [0.4, 0.5) is 0 Å². The molecule has 0 spiro atoms. The number of carbonyl (C=O) groups is 2. The van der Waals surface area contributed by atoms with Crippen LogP contribution in [0, 0.1) is 11.3 Å². The van der Waals surface area contributed by atoms with Crippen molar-refractivity contribution in [2.45, 2.75) is 89.5 Å². The standard InChI is InChI=1S/C32H38O5/c1-31(2)28(17-18-33)32(19-27(30(31)37-32)35-21-23-11-5-3-6-12-23)29(26-16-10-9-15-25(26)20-34)36-22-24-13-7-4-8-14-24/h3-8,11-14,18,20,27-30H,9-10,15-17,19,21-22H2,1-2H3/t27-,28?,29+,30+,32+/m1/s1. The Kier molecular flexibility index (Phi) is 7.75. The molecule has 5 rings (SSSR count). The zero-order valence-electron chi connectivity index (χ0n) is 21.9. The first-order valence-electron chi connectivity index (χ1n) is 13.6. The fourth-order valence-corrected chi connectivity index (χ4v) is 7.02. The Labute approximate surface area is 220 Å². The third-order valence-electron chi connectivity index (χ3n) is 8.78. The van der Waals surface area contributed by atoms with Crippen LogP contribution < -0.4 is 0 Å². The van der Waals surface area contributed by atoms with Gasteiger partial charge < -0.3 is 19.0 Å². The molecule has 5 nitrogen and oxygen atoms in total. The highest BCUT2D eigenvalue weighted by Crippen LogP contribution is 2.62. The summed E-state index contributed by atoms with van der Waals surface area (Å²) in [4.78, 5) is 24.2. The third-order valence-corrected chi connectivity index (χ3v) is 8.78. The molecule has 0 saturated carbocycles. The number of ether oxygens (including phenoxy) is 3. The van der Waals surface area contributed by atoms with Crippen molar-refractivity contribution in [3.8, 4) is 0 Å². The van der Waals surface area contributed by atoms with Gasteiger partial charge in [-0.1, -0.05) is 74.5 Å². The van der Waals surface area contributed by atoms with E-state index in [0.717, 1.165) is 60.5 Å². The van der Waals surface area contributed by atoms with Crippen LogP contribution in [-0.4, -0.2) is 36.5 Å². The molecule has 0 aromatic heterocycles. The molecule has 1 aliphatic carbocycles. The van der Waals surface area contributed by atoms with Gasteiger partial charge in [0, 0.05) is 18.8 Å². The number of hydrogen-bond donors (Lipinski definition) is 0. The van der Waals surface area contributed by atoms with E-state index >= 15 is 0 Å². The lowest BCUT2D eigenvalue weighted by Crippen LogP contribution is -2.55. The van der Waals surface area contributed by atoms with Crippen molar-refractivity contribution in [1.82, 2.24) is 0 Å². The molecule has 5 atom stereocenters. The van der Waals surface area contributed by atoms with E-state index in [9.17, 15) is 9.59 Å². The molecule has 2 bridgehead atoms. The smallest absolute Gasteiger partial charge is 0.146 e. The van der Waals surface area contributed by atoms with Gasteiger partial charge in [0.2, 0.25) is 0 Å². The molecule has 2 aromatic carbocycles. The van der Waals surface area contributed by atoms with Crippen LogP contribution in [0.25, 0.3) is 0 Å². The van der Waals surface area contributed by atoms with E-state index in [4.69, 9.17) is 14.2 Å². The van der Waals surface area contributed by atoms with Gasteiger partial charge in [-0.2, -0.15) is 0 Å². The lowest BCUT2D eigenvalue weighted by atomic mass is 9.59. The van der Waals surface area contributed by atoms with Gasteiger partial charge in [0.1, 0.15) is 24.3 Å². The Morgan fingerprint density at radius 1 is 0.946 bits per heavy atom. The zero-order valence-corrected chi connectivity index (χ0v) is 21.9. The second-order valence-corrected chi connectivity index (χ2v) is 11.4. The second kappa shape index (κ2) is 11.0. The predicted octanol–water partition coefficient (Wildman–Crippen LogP) is 6.00. The Morgan fingerprint density at radius 2 is 1.59 bits per heavy atom. The number of allylic oxidation sites excluding steroid dienone is 1. The minimum Gasteiger partial charge on any atom is -0.371 e. The largest absolute Gasteiger partial charge is 0.371 e. The summed E-state index contributed by atoms with van der Waals surface area (Å²) in [6, 6.07) is 20.3. The van der Waals surface area contributed by atoms with E-state index in [2.05, 4.69) is 38.1 Å². The first kappa shape index (κ1) is 26.0. The van der Waals surface area contributed by atoms with Crippen LogP contribution in [0.1, 0.15) is 63.5 Å². The highest BCUT2D eigenvalue weighted by atomic mass is 16.6. The molecule has 2 heterocycles. The summed E-state index contributed by atoms with van der Waals surface area (Å²) < 4.78 is 20.3. The normalized spacial score (nSPS) is 29.3. The fourth-order valence-electron chi connectivity index (χ4n) is 7.02. The first-order chi connectivity index (χ1) is 18.0. The van der Waals surface area contributed by atoms with Crippen LogP contribution in [0.2, 0.25) is 0 Å². The molecule has 196 valence electrons. The molecular formula is C32H38O5. The third kappa shape index (κ3) is 4.97. The van der Waals surface area contributed by atoms with Crippen LogP contribution in [0.5, 0.6) is 0 Å². The van der Waals surface area contributed by atoms with E-state index < -0.39 is 11.7 Å². The molecular weight excluding hydrogens is 464 g/mol. The molecule has 0 N–H and O–H groups in total. The maximum Gasteiger partial charge on any atom is 0.146 e. The van der Waals surface area contributed by atoms with E-state index in [1.165, 1.54) is 0 Å². The predicted molar refractivity (Wildman–Crippen MR) is 142 cm³/mol. The molecule has 2 aromatic rings. The zero-order chi connectivity index (χ0) is 25.9. The molecule has 3 aliphatic rings. The van der Waals surface area contributed by atoms with Crippen molar-refractivity contribution in [1.29, 1.82) is 0 Å². The van der Waals surface area contributed by atoms with Crippen molar-refractivity contribution in [3.63, 3.8) is 0 Å². The highest BCUT2D eigenvalue weighted by Gasteiger charge is 2.70. The number of benzene rings is 2. The number of rotatable bonds is 11. The maximum absolute atomic E-state index is 12.2. The van der Waals surface area contributed by atoms with Crippen molar-refractivity contribution < 1.29 is 23.8 Å².